The molecule has 0 radical (unpaired) electrons. The number of hydrogen-bond acceptors (Lipinski definition) is 5. The summed E-state index contributed by atoms with van der Waals surface area (Å²) in [6, 6.07) is 1.90. The van der Waals surface area contributed by atoms with Gasteiger partial charge in [-0.15, -0.1) is 11.3 Å². The van der Waals surface area contributed by atoms with Gasteiger partial charge in [0.25, 0.3) is 5.91 Å². The minimum absolute atomic E-state index is 0.0475. The van der Waals surface area contributed by atoms with E-state index in [9.17, 15) is 9.90 Å². The lowest BCUT2D eigenvalue weighted by Gasteiger charge is -2.34. The van der Waals surface area contributed by atoms with E-state index in [0.717, 1.165) is 15.8 Å². The Bertz CT molecular complexity index is 698. The number of anilines is 1. The number of thiophene rings is 1. The number of piperidine rings is 1. The van der Waals surface area contributed by atoms with Crippen molar-refractivity contribution in [3.05, 3.63) is 22.7 Å². The highest BCUT2D eigenvalue weighted by molar-refractivity contribution is 7.21. The fourth-order valence-electron chi connectivity index (χ4n) is 2.82. The summed E-state index contributed by atoms with van der Waals surface area (Å²) in [5.74, 6) is 0.0480. The maximum Gasteiger partial charge on any atom is 0.266 e. The fourth-order valence-corrected chi connectivity index (χ4v) is 3.93. The van der Waals surface area contributed by atoms with Crippen LogP contribution in [0.1, 0.15) is 28.6 Å². The number of aryl methyl sites for hydroxylation is 1. The molecule has 2 aromatic heterocycles. The summed E-state index contributed by atoms with van der Waals surface area (Å²) >= 11 is 1.35. The van der Waals surface area contributed by atoms with Crippen LogP contribution in [-0.4, -0.2) is 40.1 Å². The summed E-state index contributed by atoms with van der Waals surface area (Å²) in [6.07, 6.45) is 2.04. The van der Waals surface area contributed by atoms with Gasteiger partial charge in [-0.3, -0.25) is 4.79 Å². The number of carbonyl (C=O) groups excluding carboxylic acids is 1. The lowest BCUT2D eigenvalue weighted by molar-refractivity contribution is 0.0301. The summed E-state index contributed by atoms with van der Waals surface area (Å²) in [5.41, 5.74) is 7.75. The maximum absolute atomic E-state index is 12.7. The van der Waals surface area contributed by atoms with E-state index in [1.54, 1.807) is 11.1 Å². The van der Waals surface area contributed by atoms with Gasteiger partial charge in [0.15, 0.2) is 0 Å². The van der Waals surface area contributed by atoms with E-state index >= 15 is 0 Å². The van der Waals surface area contributed by atoms with Crippen LogP contribution < -0.4 is 5.73 Å². The van der Waals surface area contributed by atoms with Gasteiger partial charge in [0.2, 0.25) is 0 Å². The summed E-state index contributed by atoms with van der Waals surface area (Å²) < 4.78 is 0. The molecule has 5 nitrogen and oxygen atoms in total. The molecule has 1 aliphatic heterocycles. The van der Waals surface area contributed by atoms with E-state index in [4.69, 9.17) is 5.73 Å². The van der Waals surface area contributed by atoms with Gasteiger partial charge in [-0.05, 0) is 30.9 Å². The minimum atomic E-state index is -0.322. The van der Waals surface area contributed by atoms with E-state index in [1.807, 2.05) is 19.9 Å². The van der Waals surface area contributed by atoms with Crippen LogP contribution in [0.15, 0.2) is 12.3 Å². The molecule has 3 rings (SSSR count). The van der Waals surface area contributed by atoms with Gasteiger partial charge >= 0.3 is 0 Å². The van der Waals surface area contributed by atoms with Crippen LogP contribution in [0.25, 0.3) is 10.2 Å². The van der Waals surface area contributed by atoms with Crippen LogP contribution in [0.3, 0.4) is 0 Å². The topological polar surface area (TPSA) is 79.5 Å². The van der Waals surface area contributed by atoms with Gasteiger partial charge in [0.05, 0.1) is 11.8 Å². The number of nitrogens with zero attached hydrogens (tertiary/aromatic N) is 2. The highest BCUT2D eigenvalue weighted by atomic mass is 32.1. The summed E-state index contributed by atoms with van der Waals surface area (Å²) in [5, 5.41) is 10.7. The largest absolute Gasteiger partial charge is 0.397 e. The number of amides is 1. The van der Waals surface area contributed by atoms with Crippen LogP contribution in [0.2, 0.25) is 0 Å². The van der Waals surface area contributed by atoms with Crippen LogP contribution in [0, 0.1) is 12.8 Å². The molecule has 1 saturated heterocycles. The Labute approximate surface area is 127 Å². The molecule has 112 valence electrons. The SMILES string of the molecule is Cc1ccnc2sc(C(=O)N3CCC(O)C(C)C3)c(N)c12. The molecule has 3 heterocycles. The van der Waals surface area contributed by atoms with Crippen LogP contribution in [0.4, 0.5) is 5.69 Å². The Hall–Kier alpha value is -1.66. The smallest absolute Gasteiger partial charge is 0.266 e. The second-order valence-electron chi connectivity index (χ2n) is 5.74. The molecule has 2 unspecified atom stereocenters. The van der Waals surface area contributed by atoms with Crippen LogP contribution in [-0.2, 0) is 0 Å². The number of rotatable bonds is 1. The molecule has 2 atom stereocenters. The Morgan fingerprint density at radius 1 is 1.57 bits per heavy atom. The van der Waals surface area contributed by atoms with Crippen LogP contribution in [0.5, 0.6) is 0 Å². The second-order valence-corrected chi connectivity index (χ2v) is 6.74. The molecule has 3 N–H and O–H groups in total. The number of likely N-dealkylation sites (tertiary alicyclic amines) is 1. The molecule has 6 heteroatoms. The van der Waals surface area contributed by atoms with Crippen LogP contribution >= 0.6 is 11.3 Å². The van der Waals surface area contributed by atoms with Gasteiger partial charge in [-0.1, -0.05) is 6.92 Å². The number of fused-ring (bicyclic) bond motifs is 1. The summed E-state index contributed by atoms with van der Waals surface area (Å²) in [4.78, 5) is 20.2. The number of aliphatic hydroxyl groups excluding tert-OH is 1. The van der Waals surface area contributed by atoms with Gasteiger partial charge < -0.3 is 15.7 Å². The van der Waals surface area contributed by atoms with Crippen molar-refractivity contribution in [3.8, 4) is 0 Å². The van der Waals surface area contributed by atoms with E-state index < -0.39 is 0 Å². The molecule has 0 spiro atoms. The number of pyridine rings is 1. The van der Waals surface area contributed by atoms with Crippen molar-refractivity contribution in [3.63, 3.8) is 0 Å². The molecule has 21 heavy (non-hydrogen) atoms. The first-order valence-corrected chi connectivity index (χ1v) is 7.91. The van der Waals surface area contributed by atoms with Crippen molar-refractivity contribution in [1.82, 2.24) is 9.88 Å². The normalized spacial score (nSPS) is 22.7. The lowest BCUT2D eigenvalue weighted by atomic mass is 9.96. The molecule has 0 aromatic carbocycles. The van der Waals surface area contributed by atoms with Crippen molar-refractivity contribution in [2.24, 2.45) is 5.92 Å². The molecule has 1 aliphatic rings. The Morgan fingerprint density at radius 2 is 2.33 bits per heavy atom. The summed E-state index contributed by atoms with van der Waals surface area (Å²) in [7, 11) is 0. The number of aromatic nitrogens is 1. The zero-order valence-corrected chi connectivity index (χ0v) is 13.0. The van der Waals surface area contributed by atoms with Gasteiger partial charge in [-0.25, -0.2) is 4.98 Å². The number of nitrogens with two attached hydrogens (primary N) is 1. The van der Waals surface area contributed by atoms with Crippen molar-refractivity contribution >= 4 is 33.1 Å². The Kier molecular flexibility index (Phi) is 3.59. The second kappa shape index (κ2) is 5.27. The first-order chi connectivity index (χ1) is 9.99. The third-order valence-corrected chi connectivity index (χ3v) is 5.28. The molecule has 1 fully saturated rings. The predicted octanol–water partition coefficient (Wildman–Crippen LogP) is 2.03. The molecule has 0 aliphatic carbocycles. The third-order valence-electron chi connectivity index (χ3n) is 4.18. The monoisotopic (exact) mass is 305 g/mol. The average Bonchev–Trinajstić information content (AvgIpc) is 2.80. The Balaban J connectivity index is 1.95. The van der Waals surface area contributed by atoms with Crippen molar-refractivity contribution < 1.29 is 9.90 Å². The number of carbonyl (C=O) groups is 1. The van der Waals surface area contributed by atoms with E-state index in [2.05, 4.69) is 4.98 Å². The first-order valence-electron chi connectivity index (χ1n) is 7.10. The first kappa shape index (κ1) is 14.3. The Morgan fingerprint density at radius 3 is 3.00 bits per heavy atom. The predicted molar refractivity (Wildman–Crippen MR) is 84.5 cm³/mol. The number of nitrogen functional groups attached to an aromatic ring is 1. The molecular weight excluding hydrogens is 286 g/mol. The number of hydrogen-bond donors (Lipinski definition) is 2. The molecular formula is C15H19N3O2S. The van der Waals surface area contributed by atoms with Gasteiger partial charge in [-0.2, -0.15) is 0 Å². The molecule has 0 saturated carbocycles. The van der Waals surface area contributed by atoms with Gasteiger partial charge in [0, 0.05) is 24.7 Å². The van der Waals surface area contributed by atoms with Crippen molar-refractivity contribution in [2.75, 3.05) is 18.8 Å². The zero-order valence-electron chi connectivity index (χ0n) is 12.2. The summed E-state index contributed by atoms with van der Waals surface area (Å²) in [6.45, 7) is 5.08. The molecule has 2 aromatic rings. The average molecular weight is 305 g/mol. The third kappa shape index (κ3) is 2.38. The van der Waals surface area contributed by atoms with Crippen molar-refractivity contribution in [2.45, 2.75) is 26.4 Å². The van der Waals surface area contributed by atoms with E-state index in [0.29, 0.717) is 30.1 Å². The standard InChI is InChI=1S/C15H19N3O2S/c1-8-3-5-17-14-11(8)12(16)13(21-14)15(20)18-6-4-10(19)9(2)7-18/h3,5,9-10,19H,4,6-7,16H2,1-2H3. The van der Waals surface area contributed by atoms with Gasteiger partial charge in [0.1, 0.15) is 9.71 Å². The quantitative estimate of drug-likeness (QED) is 0.845. The highest BCUT2D eigenvalue weighted by Crippen LogP contribution is 2.35. The highest BCUT2D eigenvalue weighted by Gasteiger charge is 2.30. The molecule has 1 amide bonds. The minimum Gasteiger partial charge on any atom is -0.397 e. The zero-order chi connectivity index (χ0) is 15.1. The maximum atomic E-state index is 12.7. The van der Waals surface area contributed by atoms with E-state index in [1.165, 1.54) is 11.3 Å². The fraction of sp³-hybridized carbons (Fsp3) is 0.467. The lowest BCUT2D eigenvalue weighted by Crippen LogP contribution is -2.44. The van der Waals surface area contributed by atoms with Crippen molar-refractivity contribution in [1.29, 1.82) is 0 Å². The van der Waals surface area contributed by atoms with E-state index in [-0.39, 0.29) is 17.9 Å². The molecule has 0 bridgehead atoms. The number of aliphatic hydroxyl groups is 1.